The molecule has 2 aromatic carbocycles. The lowest BCUT2D eigenvalue weighted by molar-refractivity contribution is -0.0173. The van der Waals surface area contributed by atoms with Crippen molar-refractivity contribution in [1.29, 1.82) is 0 Å². The molecule has 0 aliphatic carbocycles. The second kappa shape index (κ2) is 6.51. The molecule has 3 nitrogen and oxygen atoms in total. The highest BCUT2D eigenvalue weighted by Crippen LogP contribution is 2.45. The summed E-state index contributed by atoms with van der Waals surface area (Å²) in [7, 11) is 1.98. The fraction of sp³-hybridized carbons (Fsp3) is 0.368. The summed E-state index contributed by atoms with van der Waals surface area (Å²) < 4.78 is 12.4. The van der Waals surface area contributed by atoms with E-state index in [1.807, 2.05) is 19.2 Å². The lowest BCUT2D eigenvalue weighted by atomic mass is 9.81. The maximum absolute atomic E-state index is 6.39. The predicted octanol–water partition coefficient (Wildman–Crippen LogP) is 3.47. The molecule has 1 aliphatic rings. The lowest BCUT2D eigenvalue weighted by Gasteiger charge is -2.35. The van der Waals surface area contributed by atoms with Crippen molar-refractivity contribution in [3.8, 4) is 5.75 Å². The third-order valence-electron chi connectivity index (χ3n) is 4.28. The summed E-state index contributed by atoms with van der Waals surface area (Å²) in [6.45, 7) is 4.18. The van der Waals surface area contributed by atoms with Crippen LogP contribution >= 0.6 is 0 Å². The Morgan fingerprint density at radius 2 is 1.82 bits per heavy atom. The van der Waals surface area contributed by atoms with Crippen LogP contribution in [-0.2, 0) is 16.9 Å². The monoisotopic (exact) mass is 297 g/mol. The highest BCUT2D eigenvalue weighted by atomic mass is 16.5. The van der Waals surface area contributed by atoms with Crippen LogP contribution in [0.15, 0.2) is 48.5 Å². The second-order valence-corrected chi connectivity index (χ2v) is 5.56. The van der Waals surface area contributed by atoms with Gasteiger partial charge in [0.05, 0.1) is 0 Å². The molecule has 22 heavy (non-hydrogen) atoms. The molecule has 0 amide bonds. The maximum atomic E-state index is 6.39. The van der Waals surface area contributed by atoms with E-state index in [1.165, 1.54) is 11.1 Å². The van der Waals surface area contributed by atoms with Crippen LogP contribution in [0.25, 0.3) is 0 Å². The Morgan fingerprint density at radius 3 is 2.59 bits per heavy atom. The number of fused-ring (bicyclic) bond motifs is 2. The summed E-state index contributed by atoms with van der Waals surface area (Å²) >= 11 is 0. The van der Waals surface area contributed by atoms with E-state index in [1.54, 1.807) is 0 Å². The number of para-hydroxylation sites is 1. The van der Waals surface area contributed by atoms with Crippen molar-refractivity contribution in [3.63, 3.8) is 0 Å². The van der Waals surface area contributed by atoms with Crippen LogP contribution in [0.3, 0.4) is 0 Å². The molecule has 3 heteroatoms. The molecule has 1 heterocycles. The first-order chi connectivity index (χ1) is 10.8. The van der Waals surface area contributed by atoms with E-state index in [0.29, 0.717) is 13.2 Å². The van der Waals surface area contributed by atoms with Crippen molar-refractivity contribution < 1.29 is 9.47 Å². The molecule has 0 saturated heterocycles. The van der Waals surface area contributed by atoms with Crippen LogP contribution in [-0.4, -0.2) is 20.2 Å². The summed E-state index contributed by atoms with van der Waals surface area (Å²) in [5.41, 5.74) is 3.08. The fourth-order valence-corrected chi connectivity index (χ4v) is 3.31. The van der Waals surface area contributed by atoms with Gasteiger partial charge in [-0.05, 0) is 44.1 Å². The summed E-state index contributed by atoms with van der Waals surface area (Å²) in [4.78, 5) is 0. The van der Waals surface area contributed by atoms with Crippen molar-refractivity contribution in [2.45, 2.75) is 25.6 Å². The number of rotatable bonds is 5. The van der Waals surface area contributed by atoms with Crippen LogP contribution in [0.4, 0.5) is 0 Å². The zero-order valence-corrected chi connectivity index (χ0v) is 13.3. The Morgan fingerprint density at radius 1 is 1.09 bits per heavy atom. The average molecular weight is 297 g/mol. The smallest absolute Gasteiger partial charge is 0.126 e. The molecule has 0 fully saturated rings. The molecular weight excluding hydrogens is 274 g/mol. The van der Waals surface area contributed by atoms with Gasteiger partial charge in [0.15, 0.2) is 0 Å². The number of nitrogens with one attached hydrogen (secondary N) is 1. The Bertz CT molecular complexity index is 591. The van der Waals surface area contributed by atoms with Gasteiger partial charge in [0, 0.05) is 12.2 Å². The topological polar surface area (TPSA) is 30.5 Å². The van der Waals surface area contributed by atoms with Crippen molar-refractivity contribution >= 4 is 0 Å². The first-order valence-electron chi connectivity index (χ1n) is 7.91. The quantitative estimate of drug-likeness (QED) is 0.916. The molecule has 116 valence electrons. The molecule has 1 N–H and O–H groups in total. The molecule has 0 radical (unpaired) electrons. The molecule has 3 rings (SSSR count). The SMILES string of the molecule is CCOC1(CCNC)c2ccccc2COc2ccccc21. The molecule has 0 spiro atoms. The normalized spacial score (nSPS) is 19.7. The van der Waals surface area contributed by atoms with Gasteiger partial charge >= 0.3 is 0 Å². The molecule has 2 aromatic rings. The number of benzene rings is 2. The summed E-state index contributed by atoms with van der Waals surface area (Å²) in [6, 6.07) is 16.7. The van der Waals surface area contributed by atoms with Gasteiger partial charge in [0.2, 0.25) is 0 Å². The van der Waals surface area contributed by atoms with E-state index in [2.05, 4.69) is 48.6 Å². The fourth-order valence-electron chi connectivity index (χ4n) is 3.31. The Hall–Kier alpha value is -1.84. The summed E-state index contributed by atoms with van der Waals surface area (Å²) in [5, 5.41) is 3.26. The first kappa shape index (κ1) is 15.1. The van der Waals surface area contributed by atoms with Gasteiger partial charge in [-0.3, -0.25) is 0 Å². The van der Waals surface area contributed by atoms with Gasteiger partial charge in [0.25, 0.3) is 0 Å². The standard InChI is InChI=1S/C19H23NO2/c1-3-22-19(12-13-20-2)16-9-5-4-8-15(16)14-21-18-11-7-6-10-17(18)19/h4-11,20H,3,12-14H2,1-2H3. The number of ether oxygens (including phenoxy) is 2. The Balaban J connectivity index is 2.23. The molecular formula is C19H23NO2. The largest absolute Gasteiger partial charge is 0.488 e. The van der Waals surface area contributed by atoms with Crippen LogP contribution < -0.4 is 10.1 Å². The second-order valence-electron chi connectivity index (χ2n) is 5.56. The van der Waals surface area contributed by atoms with Crippen molar-refractivity contribution in [2.75, 3.05) is 20.2 Å². The van der Waals surface area contributed by atoms with E-state index < -0.39 is 5.60 Å². The van der Waals surface area contributed by atoms with Gasteiger partial charge in [-0.15, -0.1) is 0 Å². The predicted molar refractivity (Wildman–Crippen MR) is 88.2 cm³/mol. The Labute approximate surface area is 132 Å². The molecule has 1 unspecified atom stereocenters. The van der Waals surface area contributed by atoms with Crippen molar-refractivity contribution in [3.05, 3.63) is 65.2 Å². The van der Waals surface area contributed by atoms with Crippen LogP contribution in [0.2, 0.25) is 0 Å². The van der Waals surface area contributed by atoms with Gasteiger partial charge in [0.1, 0.15) is 18.0 Å². The number of hydrogen-bond donors (Lipinski definition) is 1. The first-order valence-corrected chi connectivity index (χ1v) is 7.91. The van der Waals surface area contributed by atoms with Gasteiger partial charge in [-0.25, -0.2) is 0 Å². The molecule has 1 atom stereocenters. The van der Waals surface area contributed by atoms with E-state index in [4.69, 9.17) is 9.47 Å². The minimum atomic E-state index is -0.457. The summed E-state index contributed by atoms with van der Waals surface area (Å²) in [5.74, 6) is 0.920. The van der Waals surface area contributed by atoms with Gasteiger partial charge in [-0.2, -0.15) is 0 Å². The molecule has 0 saturated carbocycles. The van der Waals surface area contributed by atoms with Crippen molar-refractivity contribution in [1.82, 2.24) is 5.32 Å². The van der Waals surface area contributed by atoms with Crippen LogP contribution in [0.5, 0.6) is 5.75 Å². The number of hydrogen-bond acceptors (Lipinski definition) is 3. The summed E-state index contributed by atoms with van der Waals surface area (Å²) in [6.07, 6.45) is 0.870. The van der Waals surface area contributed by atoms with E-state index in [0.717, 1.165) is 24.3 Å². The zero-order chi connectivity index (χ0) is 15.4. The van der Waals surface area contributed by atoms with Gasteiger partial charge in [-0.1, -0.05) is 42.5 Å². The lowest BCUT2D eigenvalue weighted by Crippen LogP contribution is -2.35. The van der Waals surface area contributed by atoms with E-state index >= 15 is 0 Å². The maximum Gasteiger partial charge on any atom is 0.126 e. The molecule has 1 aliphatic heterocycles. The third kappa shape index (κ3) is 2.51. The van der Waals surface area contributed by atoms with E-state index in [-0.39, 0.29) is 0 Å². The Kier molecular flexibility index (Phi) is 4.46. The van der Waals surface area contributed by atoms with Gasteiger partial charge < -0.3 is 14.8 Å². The minimum Gasteiger partial charge on any atom is -0.488 e. The molecule has 0 aromatic heterocycles. The van der Waals surface area contributed by atoms with Crippen molar-refractivity contribution in [2.24, 2.45) is 0 Å². The average Bonchev–Trinajstić information content (AvgIpc) is 2.70. The zero-order valence-electron chi connectivity index (χ0n) is 13.3. The van der Waals surface area contributed by atoms with Crippen LogP contribution in [0.1, 0.15) is 30.0 Å². The highest BCUT2D eigenvalue weighted by molar-refractivity contribution is 5.49. The molecule has 0 bridgehead atoms. The minimum absolute atomic E-state index is 0.457. The van der Waals surface area contributed by atoms with E-state index in [9.17, 15) is 0 Å². The van der Waals surface area contributed by atoms with Crippen LogP contribution in [0, 0.1) is 0 Å². The third-order valence-corrected chi connectivity index (χ3v) is 4.28. The highest BCUT2D eigenvalue weighted by Gasteiger charge is 2.40.